The molecule has 138 valence electrons. The lowest BCUT2D eigenvalue weighted by Crippen LogP contribution is -2.30. The molecule has 1 amide bonds. The Morgan fingerprint density at radius 2 is 2.15 bits per heavy atom. The first kappa shape index (κ1) is 18.5. The van der Waals surface area contributed by atoms with Crippen molar-refractivity contribution < 1.29 is 17.9 Å². The number of rotatable bonds is 6. The maximum atomic E-state index is 12.6. The summed E-state index contributed by atoms with van der Waals surface area (Å²) in [6.45, 7) is 1.21. The number of methoxy groups -OCH3 is 1. The van der Waals surface area contributed by atoms with Crippen molar-refractivity contribution in [3.63, 3.8) is 0 Å². The van der Waals surface area contributed by atoms with Crippen molar-refractivity contribution in [2.24, 2.45) is 0 Å². The zero-order valence-electron chi connectivity index (χ0n) is 14.5. The van der Waals surface area contributed by atoms with Crippen LogP contribution in [0, 0.1) is 0 Å². The lowest BCUT2D eigenvalue weighted by Gasteiger charge is -2.16. The molecule has 1 aliphatic rings. The van der Waals surface area contributed by atoms with Gasteiger partial charge < -0.3 is 9.64 Å². The third-order valence-corrected chi connectivity index (χ3v) is 5.73. The second kappa shape index (κ2) is 7.94. The van der Waals surface area contributed by atoms with Gasteiger partial charge in [0.2, 0.25) is 10.0 Å². The molecular formula is C18H21N3O4S. The summed E-state index contributed by atoms with van der Waals surface area (Å²) >= 11 is 0. The summed E-state index contributed by atoms with van der Waals surface area (Å²) < 4.78 is 32.8. The van der Waals surface area contributed by atoms with Crippen LogP contribution in [0.5, 0.6) is 0 Å². The van der Waals surface area contributed by atoms with Gasteiger partial charge in [-0.1, -0.05) is 12.1 Å². The van der Waals surface area contributed by atoms with E-state index in [1.54, 1.807) is 48.5 Å². The van der Waals surface area contributed by atoms with Crippen LogP contribution in [0.1, 0.15) is 22.5 Å². The minimum Gasteiger partial charge on any atom is -0.380 e. The molecule has 26 heavy (non-hydrogen) atoms. The zero-order chi connectivity index (χ0) is 18.6. The van der Waals surface area contributed by atoms with E-state index in [1.807, 2.05) is 0 Å². The van der Waals surface area contributed by atoms with Gasteiger partial charge in [0.1, 0.15) is 0 Å². The molecule has 1 N–H and O–H groups in total. The van der Waals surface area contributed by atoms with E-state index >= 15 is 0 Å². The second-order valence-corrected chi connectivity index (χ2v) is 7.84. The van der Waals surface area contributed by atoms with E-state index < -0.39 is 10.0 Å². The molecule has 0 unspecified atom stereocenters. The number of benzene rings is 1. The first-order valence-electron chi connectivity index (χ1n) is 8.31. The Kier molecular flexibility index (Phi) is 5.65. The average Bonchev–Trinajstić information content (AvgIpc) is 3.16. The number of pyridine rings is 1. The smallest absolute Gasteiger partial charge is 0.253 e. The van der Waals surface area contributed by atoms with Crippen LogP contribution in [0.4, 0.5) is 0 Å². The second-order valence-electron chi connectivity index (χ2n) is 6.07. The van der Waals surface area contributed by atoms with Crippen LogP contribution in [0.3, 0.4) is 0 Å². The van der Waals surface area contributed by atoms with Crippen molar-refractivity contribution in [1.82, 2.24) is 14.6 Å². The van der Waals surface area contributed by atoms with Crippen LogP contribution < -0.4 is 4.72 Å². The number of hydrogen-bond acceptors (Lipinski definition) is 5. The summed E-state index contributed by atoms with van der Waals surface area (Å²) in [7, 11) is -2.11. The van der Waals surface area contributed by atoms with Crippen LogP contribution in [0.15, 0.2) is 53.6 Å². The Balaban J connectivity index is 1.72. The number of ether oxygens (including phenoxy) is 1. The highest BCUT2D eigenvalue weighted by Gasteiger charge is 2.27. The fraction of sp³-hybridized carbons (Fsp3) is 0.333. The Labute approximate surface area is 153 Å². The lowest BCUT2D eigenvalue weighted by atomic mass is 10.2. The molecular weight excluding hydrogens is 354 g/mol. The van der Waals surface area contributed by atoms with Gasteiger partial charge in [0.25, 0.3) is 5.91 Å². The normalized spacial score (nSPS) is 17.4. The SMILES string of the molecule is CO[C@@H]1CCN(C(=O)c2cccc(S(=O)(=O)NCc3ccccn3)c2)C1. The molecule has 1 fully saturated rings. The molecule has 2 heterocycles. The van der Waals surface area contributed by atoms with Crippen molar-refractivity contribution in [1.29, 1.82) is 0 Å². The van der Waals surface area contributed by atoms with E-state index in [2.05, 4.69) is 9.71 Å². The molecule has 0 saturated carbocycles. The topological polar surface area (TPSA) is 88.6 Å². The Morgan fingerprint density at radius 1 is 1.31 bits per heavy atom. The van der Waals surface area contributed by atoms with Gasteiger partial charge in [0, 0.05) is 32.0 Å². The molecule has 7 nitrogen and oxygen atoms in total. The minimum absolute atomic E-state index is 0.0332. The van der Waals surface area contributed by atoms with E-state index in [1.165, 1.54) is 12.1 Å². The van der Waals surface area contributed by atoms with Gasteiger partial charge in [-0.15, -0.1) is 0 Å². The van der Waals surface area contributed by atoms with Crippen LogP contribution in [-0.2, 0) is 21.3 Å². The van der Waals surface area contributed by atoms with Crippen LogP contribution in [0.2, 0.25) is 0 Å². The standard InChI is InChI=1S/C18H21N3O4S/c1-25-16-8-10-21(13-16)18(22)14-5-4-7-17(11-14)26(23,24)20-12-15-6-2-3-9-19-15/h2-7,9,11,16,20H,8,10,12-13H2,1H3/t16-/m1/s1. The van der Waals surface area contributed by atoms with Gasteiger partial charge in [-0.25, -0.2) is 13.1 Å². The molecule has 0 bridgehead atoms. The zero-order valence-corrected chi connectivity index (χ0v) is 15.3. The average molecular weight is 375 g/mol. The van der Waals surface area contributed by atoms with Gasteiger partial charge in [-0.05, 0) is 36.8 Å². The monoisotopic (exact) mass is 375 g/mol. The van der Waals surface area contributed by atoms with Gasteiger partial charge in [-0.2, -0.15) is 0 Å². The van der Waals surface area contributed by atoms with E-state index in [0.29, 0.717) is 24.3 Å². The van der Waals surface area contributed by atoms with E-state index in [4.69, 9.17) is 4.74 Å². The summed E-state index contributed by atoms with van der Waals surface area (Å²) in [5.41, 5.74) is 0.966. The van der Waals surface area contributed by atoms with E-state index in [0.717, 1.165) is 6.42 Å². The predicted octanol–water partition coefficient (Wildman–Crippen LogP) is 1.42. The molecule has 1 aromatic carbocycles. The van der Waals surface area contributed by atoms with Gasteiger partial charge >= 0.3 is 0 Å². The molecule has 0 spiro atoms. The van der Waals surface area contributed by atoms with Crippen LogP contribution >= 0.6 is 0 Å². The number of nitrogens with one attached hydrogen (secondary N) is 1. The lowest BCUT2D eigenvalue weighted by molar-refractivity contribution is 0.0724. The number of hydrogen-bond donors (Lipinski definition) is 1. The van der Waals surface area contributed by atoms with Gasteiger partial charge in [-0.3, -0.25) is 9.78 Å². The van der Waals surface area contributed by atoms with E-state index in [-0.39, 0.29) is 23.5 Å². The van der Waals surface area contributed by atoms with Crippen molar-refractivity contribution in [2.45, 2.75) is 24.0 Å². The number of amides is 1. The van der Waals surface area contributed by atoms with Crippen molar-refractivity contribution in [3.8, 4) is 0 Å². The van der Waals surface area contributed by atoms with Crippen LogP contribution in [0.25, 0.3) is 0 Å². The van der Waals surface area contributed by atoms with Gasteiger partial charge in [0.15, 0.2) is 0 Å². The fourth-order valence-electron chi connectivity index (χ4n) is 2.84. The van der Waals surface area contributed by atoms with E-state index in [9.17, 15) is 13.2 Å². The summed E-state index contributed by atoms with van der Waals surface area (Å²) in [4.78, 5) is 18.4. The highest BCUT2D eigenvalue weighted by Crippen LogP contribution is 2.18. The third-order valence-electron chi connectivity index (χ3n) is 4.33. The molecule has 3 rings (SSSR count). The molecule has 1 aromatic heterocycles. The third kappa shape index (κ3) is 4.27. The molecule has 0 radical (unpaired) electrons. The number of carbonyl (C=O) groups excluding carboxylic acids is 1. The Morgan fingerprint density at radius 3 is 2.85 bits per heavy atom. The number of carbonyl (C=O) groups is 1. The summed E-state index contributed by atoms with van der Waals surface area (Å²) in [5, 5.41) is 0. The predicted molar refractivity (Wildman–Crippen MR) is 96.0 cm³/mol. The van der Waals surface area contributed by atoms with Crippen molar-refractivity contribution in [3.05, 3.63) is 59.9 Å². The minimum atomic E-state index is -3.74. The molecule has 8 heteroatoms. The number of aromatic nitrogens is 1. The summed E-state index contributed by atoms with van der Waals surface area (Å²) in [5.74, 6) is -0.189. The molecule has 1 atom stereocenters. The maximum Gasteiger partial charge on any atom is 0.253 e. The summed E-state index contributed by atoms with van der Waals surface area (Å²) in [6.07, 6.45) is 2.42. The molecule has 0 aliphatic carbocycles. The molecule has 2 aromatic rings. The fourth-order valence-corrected chi connectivity index (χ4v) is 3.88. The Bertz CT molecular complexity index is 871. The van der Waals surface area contributed by atoms with Crippen molar-refractivity contribution in [2.75, 3.05) is 20.2 Å². The van der Waals surface area contributed by atoms with Crippen LogP contribution in [-0.4, -0.2) is 50.5 Å². The molecule has 1 aliphatic heterocycles. The first-order chi connectivity index (χ1) is 12.5. The number of sulfonamides is 1. The highest BCUT2D eigenvalue weighted by atomic mass is 32.2. The number of likely N-dealkylation sites (tertiary alicyclic amines) is 1. The quantitative estimate of drug-likeness (QED) is 0.825. The number of nitrogens with zero attached hydrogens (tertiary/aromatic N) is 2. The maximum absolute atomic E-state index is 12.6. The van der Waals surface area contributed by atoms with Crippen molar-refractivity contribution >= 4 is 15.9 Å². The van der Waals surface area contributed by atoms with Gasteiger partial charge in [0.05, 0.1) is 23.2 Å². The largest absolute Gasteiger partial charge is 0.380 e. The molecule has 1 saturated heterocycles. The Hall–Kier alpha value is -2.29. The first-order valence-corrected chi connectivity index (χ1v) is 9.79. The highest BCUT2D eigenvalue weighted by molar-refractivity contribution is 7.89. The summed E-state index contributed by atoms with van der Waals surface area (Å²) in [6, 6.07) is 11.4.